The molecule has 0 unspecified atom stereocenters. The minimum Gasteiger partial charge on any atom is -0.396 e. The van der Waals surface area contributed by atoms with Gasteiger partial charge in [-0.1, -0.05) is 0 Å². The normalized spacial score (nSPS) is 41.5. The first-order valence-corrected chi connectivity index (χ1v) is 4.90. The molecule has 2 aliphatic rings. The first kappa shape index (κ1) is 8.52. The molecule has 12 heavy (non-hydrogen) atoms. The molecule has 0 radical (unpaired) electrons. The molecule has 2 heteroatoms. The molecular formula is C10H19NO. The maximum atomic E-state index is 8.98. The summed E-state index contributed by atoms with van der Waals surface area (Å²) in [6, 6.07) is 0. The van der Waals surface area contributed by atoms with Gasteiger partial charge in [0.1, 0.15) is 0 Å². The van der Waals surface area contributed by atoms with Crippen molar-refractivity contribution in [3.63, 3.8) is 0 Å². The Hall–Kier alpha value is -0.0800. The second-order valence-corrected chi connectivity index (χ2v) is 5.25. The van der Waals surface area contributed by atoms with Gasteiger partial charge in [0, 0.05) is 25.2 Å². The van der Waals surface area contributed by atoms with E-state index in [-0.39, 0.29) is 0 Å². The Balaban J connectivity index is 1.90. The number of fused-ring (bicyclic) bond motifs is 1. The van der Waals surface area contributed by atoms with E-state index in [2.05, 4.69) is 25.7 Å². The SMILES string of the molecule is CC(C)(C)N1C[C@@H]2[C@@H](CO)[C@@H]2C1. The highest BCUT2D eigenvalue weighted by atomic mass is 16.3. The van der Waals surface area contributed by atoms with Gasteiger partial charge in [0.2, 0.25) is 0 Å². The van der Waals surface area contributed by atoms with E-state index in [1.54, 1.807) is 0 Å². The van der Waals surface area contributed by atoms with E-state index >= 15 is 0 Å². The molecule has 1 aliphatic carbocycles. The Labute approximate surface area is 74.6 Å². The van der Waals surface area contributed by atoms with E-state index < -0.39 is 0 Å². The van der Waals surface area contributed by atoms with Crippen molar-refractivity contribution in [1.82, 2.24) is 4.90 Å². The molecule has 1 saturated carbocycles. The third-order valence-corrected chi connectivity index (χ3v) is 3.53. The van der Waals surface area contributed by atoms with Crippen LogP contribution in [0.25, 0.3) is 0 Å². The van der Waals surface area contributed by atoms with Gasteiger partial charge in [-0.25, -0.2) is 0 Å². The van der Waals surface area contributed by atoms with E-state index in [0.717, 1.165) is 11.8 Å². The number of hydrogen-bond donors (Lipinski definition) is 1. The molecule has 0 spiro atoms. The zero-order valence-corrected chi connectivity index (χ0v) is 8.25. The molecule has 2 nitrogen and oxygen atoms in total. The molecule has 0 aromatic carbocycles. The summed E-state index contributed by atoms with van der Waals surface area (Å²) < 4.78 is 0. The number of aliphatic hydroxyl groups excluding tert-OH is 1. The van der Waals surface area contributed by atoms with Gasteiger partial charge >= 0.3 is 0 Å². The summed E-state index contributed by atoms with van der Waals surface area (Å²) in [4.78, 5) is 2.54. The summed E-state index contributed by atoms with van der Waals surface area (Å²) in [5, 5.41) is 8.98. The van der Waals surface area contributed by atoms with Crippen molar-refractivity contribution in [3.05, 3.63) is 0 Å². The fourth-order valence-electron chi connectivity index (χ4n) is 2.47. The van der Waals surface area contributed by atoms with Crippen LogP contribution in [-0.4, -0.2) is 35.2 Å². The van der Waals surface area contributed by atoms with Crippen LogP contribution in [-0.2, 0) is 0 Å². The van der Waals surface area contributed by atoms with Crippen LogP contribution in [0, 0.1) is 17.8 Å². The molecule has 2 rings (SSSR count). The molecule has 1 aliphatic heterocycles. The van der Waals surface area contributed by atoms with Crippen LogP contribution in [0.15, 0.2) is 0 Å². The third-order valence-electron chi connectivity index (χ3n) is 3.53. The molecule has 0 aromatic heterocycles. The van der Waals surface area contributed by atoms with E-state index in [4.69, 9.17) is 5.11 Å². The Morgan fingerprint density at radius 3 is 2.08 bits per heavy atom. The number of nitrogens with zero attached hydrogens (tertiary/aromatic N) is 1. The van der Waals surface area contributed by atoms with Gasteiger partial charge in [0.15, 0.2) is 0 Å². The predicted molar refractivity (Wildman–Crippen MR) is 48.9 cm³/mol. The molecule has 3 atom stereocenters. The van der Waals surface area contributed by atoms with Gasteiger partial charge in [-0.3, -0.25) is 4.90 Å². The zero-order valence-electron chi connectivity index (χ0n) is 8.25. The molecule has 0 aromatic rings. The first-order chi connectivity index (χ1) is 5.54. The van der Waals surface area contributed by atoms with Crippen molar-refractivity contribution in [2.75, 3.05) is 19.7 Å². The van der Waals surface area contributed by atoms with Crippen molar-refractivity contribution in [2.24, 2.45) is 17.8 Å². The maximum absolute atomic E-state index is 8.98. The highest BCUT2D eigenvalue weighted by Gasteiger charge is 2.56. The Morgan fingerprint density at radius 2 is 1.75 bits per heavy atom. The molecule has 1 N–H and O–H groups in total. The van der Waals surface area contributed by atoms with Crippen LogP contribution in [0.1, 0.15) is 20.8 Å². The van der Waals surface area contributed by atoms with Gasteiger partial charge in [0.25, 0.3) is 0 Å². The van der Waals surface area contributed by atoms with E-state index in [1.807, 2.05) is 0 Å². The molecule has 1 saturated heterocycles. The van der Waals surface area contributed by atoms with Gasteiger partial charge in [-0.2, -0.15) is 0 Å². The second-order valence-electron chi connectivity index (χ2n) is 5.25. The van der Waals surface area contributed by atoms with E-state index in [9.17, 15) is 0 Å². The van der Waals surface area contributed by atoms with Crippen molar-refractivity contribution in [3.8, 4) is 0 Å². The summed E-state index contributed by atoms with van der Waals surface area (Å²) in [6.45, 7) is 9.63. The summed E-state index contributed by atoms with van der Waals surface area (Å²) in [7, 11) is 0. The van der Waals surface area contributed by atoms with Crippen molar-refractivity contribution >= 4 is 0 Å². The van der Waals surface area contributed by atoms with Crippen LogP contribution >= 0.6 is 0 Å². The van der Waals surface area contributed by atoms with Gasteiger partial charge in [-0.15, -0.1) is 0 Å². The van der Waals surface area contributed by atoms with Crippen LogP contribution in [0.3, 0.4) is 0 Å². The fourth-order valence-corrected chi connectivity index (χ4v) is 2.47. The van der Waals surface area contributed by atoms with Crippen molar-refractivity contribution in [1.29, 1.82) is 0 Å². The molecular weight excluding hydrogens is 150 g/mol. The summed E-state index contributed by atoms with van der Waals surface area (Å²) >= 11 is 0. The van der Waals surface area contributed by atoms with Crippen LogP contribution in [0.2, 0.25) is 0 Å². The molecule has 0 bridgehead atoms. The first-order valence-electron chi connectivity index (χ1n) is 4.90. The quantitative estimate of drug-likeness (QED) is 0.632. The lowest BCUT2D eigenvalue weighted by molar-refractivity contribution is 0.135. The number of hydrogen-bond acceptors (Lipinski definition) is 2. The number of piperidine rings is 1. The van der Waals surface area contributed by atoms with E-state index in [1.165, 1.54) is 13.1 Å². The lowest BCUT2D eigenvalue weighted by Gasteiger charge is -2.33. The number of aliphatic hydroxyl groups is 1. The Bertz CT molecular complexity index is 173. The Morgan fingerprint density at radius 1 is 1.25 bits per heavy atom. The molecule has 2 fully saturated rings. The summed E-state index contributed by atoms with van der Waals surface area (Å²) in [5.41, 5.74) is 0.327. The number of rotatable bonds is 1. The maximum Gasteiger partial charge on any atom is 0.0465 e. The van der Waals surface area contributed by atoms with Crippen LogP contribution in [0.5, 0.6) is 0 Å². The molecule has 1 heterocycles. The van der Waals surface area contributed by atoms with Crippen LogP contribution in [0.4, 0.5) is 0 Å². The second kappa shape index (κ2) is 2.46. The Kier molecular flexibility index (Phi) is 1.74. The predicted octanol–water partition coefficient (Wildman–Crippen LogP) is 0.955. The van der Waals surface area contributed by atoms with Crippen molar-refractivity contribution in [2.45, 2.75) is 26.3 Å². The average Bonchev–Trinajstić information content (AvgIpc) is 2.39. The topological polar surface area (TPSA) is 23.5 Å². The molecule has 70 valence electrons. The minimum absolute atomic E-state index is 0.327. The van der Waals surface area contributed by atoms with Gasteiger partial charge < -0.3 is 5.11 Å². The lowest BCUT2D eigenvalue weighted by Crippen LogP contribution is -2.41. The van der Waals surface area contributed by atoms with Gasteiger partial charge in [0.05, 0.1) is 0 Å². The van der Waals surface area contributed by atoms with E-state index in [0.29, 0.717) is 18.1 Å². The van der Waals surface area contributed by atoms with Crippen molar-refractivity contribution < 1.29 is 5.11 Å². The number of likely N-dealkylation sites (tertiary alicyclic amines) is 1. The minimum atomic E-state index is 0.327. The molecule has 0 amide bonds. The third kappa shape index (κ3) is 1.17. The largest absolute Gasteiger partial charge is 0.396 e. The average molecular weight is 169 g/mol. The zero-order chi connectivity index (χ0) is 8.93. The van der Waals surface area contributed by atoms with Crippen LogP contribution < -0.4 is 0 Å². The summed E-state index contributed by atoms with van der Waals surface area (Å²) in [5.74, 6) is 2.27. The standard InChI is InChI=1S/C10H19NO/c1-10(2,3)11-4-7-8(5-11)9(7)6-12/h7-9,12H,4-6H2,1-3H3/t7-,8+,9+. The smallest absolute Gasteiger partial charge is 0.0465 e. The van der Waals surface area contributed by atoms with Gasteiger partial charge in [-0.05, 0) is 38.5 Å². The highest BCUT2D eigenvalue weighted by molar-refractivity contribution is 5.06. The monoisotopic (exact) mass is 169 g/mol. The fraction of sp³-hybridized carbons (Fsp3) is 1.00. The lowest BCUT2D eigenvalue weighted by atomic mass is 10.1. The highest BCUT2D eigenvalue weighted by Crippen LogP contribution is 2.52. The summed E-state index contributed by atoms with van der Waals surface area (Å²) in [6.07, 6.45) is 0.